The summed E-state index contributed by atoms with van der Waals surface area (Å²) >= 11 is 0. The Labute approximate surface area is 221 Å². The largest absolute Gasteiger partial charge is 0.456 e. The first-order valence-electron chi connectivity index (χ1n) is 13.4. The Kier molecular flexibility index (Phi) is 4.63. The first-order valence-corrected chi connectivity index (χ1v) is 13.4. The summed E-state index contributed by atoms with van der Waals surface area (Å²) < 4.78 is 6.47. The van der Waals surface area contributed by atoms with Crippen LogP contribution in [0.3, 0.4) is 0 Å². The molecule has 8 rings (SSSR count). The van der Waals surface area contributed by atoms with Gasteiger partial charge in [0.15, 0.2) is 0 Å². The number of hydrogen-bond acceptors (Lipinski definition) is 1. The number of rotatable bonds is 2. The van der Waals surface area contributed by atoms with Crippen LogP contribution in [-0.4, -0.2) is 0 Å². The number of hydrogen-bond donors (Lipinski definition) is 0. The molecule has 1 aliphatic rings. The molecule has 1 aromatic heterocycles. The molecule has 0 radical (unpaired) electrons. The average molecular weight is 487 g/mol. The lowest BCUT2D eigenvalue weighted by Crippen LogP contribution is -2.08. The quantitative estimate of drug-likeness (QED) is 0.237. The van der Waals surface area contributed by atoms with Crippen molar-refractivity contribution in [3.8, 4) is 22.3 Å². The molecule has 0 amide bonds. The molecule has 0 saturated heterocycles. The molecule has 6 aromatic carbocycles. The van der Waals surface area contributed by atoms with Crippen LogP contribution in [0.15, 0.2) is 120 Å². The molecule has 1 atom stereocenters. The zero-order valence-electron chi connectivity index (χ0n) is 21.2. The van der Waals surface area contributed by atoms with E-state index in [1.54, 1.807) is 0 Å². The molecule has 1 unspecified atom stereocenters. The van der Waals surface area contributed by atoms with Crippen LogP contribution in [0.2, 0.25) is 0 Å². The molecule has 0 N–H and O–H groups in total. The van der Waals surface area contributed by atoms with Gasteiger partial charge in [-0.15, -0.1) is 0 Å². The Bertz CT molecular complexity index is 2060. The van der Waals surface area contributed by atoms with Gasteiger partial charge in [-0.25, -0.2) is 0 Å². The lowest BCUT2D eigenvalue weighted by Gasteiger charge is -2.26. The van der Waals surface area contributed by atoms with Crippen LogP contribution in [0.1, 0.15) is 18.1 Å². The molecule has 38 heavy (non-hydrogen) atoms. The van der Waals surface area contributed by atoms with Gasteiger partial charge in [0.1, 0.15) is 11.2 Å². The maximum absolute atomic E-state index is 6.47. The summed E-state index contributed by atoms with van der Waals surface area (Å²) in [7, 11) is 0. The van der Waals surface area contributed by atoms with Gasteiger partial charge in [-0.3, -0.25) is 0 Å². The predicted molar refractivity (Wildman–Crippen MR) is 162 cm³/mol. The van der Waals surface area contributed by atoms with Crippen LogP contribution in [0.5, 0.6) is 0 Å². The van der Waals surface area contributed by atoms with E-state index in [0.29, 0.717) is 5.92 Å². The van der Waals surface area contributed by atoms with Crippen molar-refractivity contribution in [3.63, 3.8) is 0 Å². The molecule has 0 bridgehead atoms. The number of benzene rings is 6. The van der Waals surface area contributed by atoms with Crippen LogP contribution in [0, 0.1) is 5.92 Å². The molecule has 1 aliphatic carbocycles. The Hall–Kier alpha value is -4.62. The highest BCUT2D eigenvalue weighted by Crippen LogP contribution is 2.48. The van der Waals surface area contributed by atoms with Crippen molar-refractivity contribution >= 4 is 49.6 Å². The van der Waals surface area contributed by atoms with Gasteiger partial charge >= 0.3 is 0 Å². The third-order valence-corrected chi connectivity index (χ3v) is 8.17. The molecule has 1 heteroatoms. The normalized spacial score (nSPS) is 15.0. The van der Waals surface area contributed by atoms with Crippen LogP contribution in [0.4, 0.5) is 0 Å². The zero-order valence-corrected chi connectivity index (χ0v) is 21.2. The first kappa shape index (κ1) is 21.5. The average Bonchev–Trinajstić information content (AvgIpc) is 3.32. The summed E-state index contributed by atoms with van der Waals surface area (Å²) in [5.41, 5.74) is 9.85. The van der Waals surface area contributed by atoms with E-state index < -0.39 is 0 Å². The van der Waals surface area contributed by atoms with Gasteiger partial charge in [-0.2, -0.15) is 0 Å². The minimum Gasteiger partial charge on any atom is -0.456 e. The maximum atomic E-state index is 6.47. The monoisotopic (exact) mass is 486 g/mol. The van der Waals surface area contributed by atoms with E-state index in [1.165, 1.54) is 65.7 Å². The summed E-state index contributed by atoms with van der Waals surface area (Å²) in [4.78, 5) is 0. The Balaban J connectivity index is 1.54. The fourth-order valence-electron chi connectivity index (χ4n) is 6.50. The highest BCUT2D eigenvalue weighted by molar-refractivity contribution is 6.20. The van der Waals surface area contributed by atoms with Gasteiger partial charge in [0.25, 0.3) is 0 Å². The van der Waals surface area contributed by atoms with Gasteiger partial charge in [0, 0.05) is 10.8 Å². The minimum absolute atomic E-state index is 0.496. The Morgan fingerprint density at radius 2 is 1.34 bits per heavy atom. The second-order valence-corrected chi connectivity index (χ2v) is 10.6. The number of fused-ring (bicyclic) bond motifs is 6. The second kappa shape index (κ2) is 8.19. The summed E-state index contributed by atoms with van der Waals surface area (Å²) in [5, 5.41) is 7.40. The molecular formula is C37H26O. The van der Waals surface area contributed by atoms with Gasteiger partial charge in [-0.1, -0.05) is 110 Å². The standard InChI is InChI=1S/C37H26O/c1-23-18-19-29-31(20-23)35(24-10-3-2-4-11-24)27-14-7-8-15-28(27)36(29)30-16-9-17-33-37(30)32-21-25-12-5-6-13-26(25)22-34(32)38-33/h2-19,21-23H,20H2,1H3. The summed E-state index contributed by atoms with van der Waals surface area (Å²) in [6.45, 7) is 2.32. The lowest BCUT2D eigenvalue weighted by molar-refractivity contribution is 0.669. The van der Waals surface area contributed by atoms with E-state index in [0.717, 1.165) is 17.6 Å². The third kappa shape index (κ3) is 3.12. The topological polar surface area (TPSA) is 13.1 Å². The van der Waals surface area contributed by atoms with Crippen LogP contribution >= 0.6 is 0 Å². The summed E-state index contributed by atoms with van der Waals surface area (Å²) in [5.74, 6) is 0.496. The fraction of sp³-hybridized carbons (Fsp3) is 0.0811. The van der Waals surface area contributed by atoms with E-state index >= 15 is 0 Å². The molecule has 1 nitrogen and oxygen atoms in total. The van der Waals surface area contributed by atoms with E-state index in [2.05, 4.69) is 128 Å². The van der Waals surface area contributed by atoms with Gasteiger partial charge < -0.3 is 4.42 Å². The molecule has 7 aromatic rings. The Morgan fingerprint density at radius 1 is 0.632 bits per heavy atom. The Morgan fingerprint density at radius 3 is 2.16 bits per heavy atom. The first-order chi connectivity index (χ1) is 18.8. The van der Waals surface area contributed by atoms with E-state index in [-0.39, 0.29) is 0 Å². The molecule has 0 fully saturated rings. The van der Waals surface area contributed by atoms with Gasteiger partial charge in [0.2, 0.25) is 0 Å². The minimum atomic E-state index is 0.496. The van der Waals surface area contributed by atoms with Crippen molar-refractivity contribution in [3.05, 3.63) is 126 Å². The van der Waals surface area contributed by atoms with Crippen molar-refractivity contribution in [2.24, 2.45) is 5.92 Å². The molecule has 0 aliphatic heterocycles. The molecule has 180 valence electrons. The van der Waals surface area contributed by atoms with Crippen LogP contribution in [0.25, 0.3) is 71.8 Å². The molecule has 1 heterocycles. The zero-order chi connectivity index (χ0) is 25.2. The smallest absolute Gasteiger partial charge is 0.136 e. The van der Waals surface area contributed by atoms with Crippen molar-refractivity contribution in [1.29, 1.82) is 0 Å². The van der Waals surface area contributed by atoms with E-state index in [1.807, 2.05) is 0 Å². The highest BCUT2D eigenvalue weighted by atomic mass is 16.3. The van der Waals surface area contributed by atoms with Crippen molar-refractivity contribution in [2.45, 2.75) is 13.3 Å². The summed E-state index contributed by atoms with van der Waals surface area (Å²) in [6, 6.07) is 39.4. The van der Waals surface area contributed by atoms with Crippen LogP contribution < -0.4 is 0 Å². The molecule has 0 saturated carbocycles. The maximum Gasteiger partial charge on any atom is 0.136 e. The van der Waals surface area contributed by atoms with E-state index in [4.69, 9.17) is 4.42 Å². The van der Waals surface area contributed by atoms with Crippen molar-refractivity contribution in [2.75, 3.05) is 0 Å². The lowest BCUT2D eigenvalue weighted by atomic mass is 9.77. The summed E-state index contributed by atoms with van der Waals surface area (Å²) in [6.07, 6.45) is 5.77. The van der Waals surface area contributed by atoms with Crippen LogP contribution in [-0.2, 0) is 6.42 Å². The predicted octanol–water partition coefficient (Wildman–Crippen LogP) is 10.4. The van der Waals surface area contributed by atoms with Crippen molar-refractivity contribution < 1.29 is 4.42 Å². The molecular weight excluding hydrogens is 460 g/mol. The van der Waals surface area contributed by atoms with Gasteiger partial charge in [-0.05, 0) is 85.5 Å². The number of furan rings is 1. The van der Waals surface area contributed by atoms with Gasteiger partial charge in [0.05, 0.1) is 0 Å². The number of allylic oxidation sites excluding steroid dienone is 1. The highest BCUT2D eigenvalue weighted by Gasteiger charge is 2.25. The third-order valence-electron chi connectivity index (χ3n) is 8.17. The fourth-order valence-corrected chi connectivity index (χ4v) is 6.50. The second-order valence-electron chi connectivity index (χ2n) is 10.6. The molecule has 0 spiro atoms. The van der Waals surface area contributed by atoms with E-state index in [9.17, 15) is 0 Å². The SMILES string of the molecule is CC1C=Cc2c(c(-c3ccccc3)c3ccccc3c2-c2cccc3oc4cc5ccccc5cc4c23)C1. The van der Waals surface area contributed by atoms with Crippen molar-refractivity contribution in [1.82, 2.24) is 0 Å².